The predicted molar refractivity (Wildman–Crippen MR) is 98.1 cm³/mol. The number of guanidine groups is 1. The van der Waals surface area contributed by atoms with Crippen LogP contribution >= 0.6 is 15.9 Å². The molecule has 0 saturated heterocycles. The lowest BCUT2D eigenvalue weighted by atomic mass is 10.2. The first-order valence-corrected chi connectivity index (χ1v) is 7.73. The summed E-state index contributed by atoms with van der Waals surface area (Å²) in [5.74, 6) is 0.0677. The van der Waals surface area contributed by atoms with Crippen LogP contribution in [0.15, 0.2) is 63.2 Å². The maximum atomic E-state index is 11.9. The lowest BCUT2D eigenvalue weighted by Gasteiger charge is -2.10. The Morgan fingerprint density at radius 3 is 2.67 bits per heavy atom. The number of anilines is 1. The Morgan fingerprint density at radius 1 is 1.21 bits per heavy atom. The minimum atomic E-state index is -0.267. The van der Waals surface area contributed by atoms with Gasteiger partial charge in [-0.25, -0.2) is 0 Å². The second-order valence-electron chi connectivity index (χ2n) is 4.65. The summed E-state index contributed by atoms with van der Waals surface area (Å²) in [5, 5.41) is 10.0. The number of hydrogen-bond donors (Lipinski definition) is 3. The second-order valence-corrected chi connectivity index (χ2v) is 5.57. The summed E-state index contributed by atoms with van der Waals surface area (Å²) < 4.78 is 6.38. The van der Waals surface area contributed by atoms with Crippen LogP contribution in [0.3, 0.4) is 0 Å². The number of nitrogens with one attached hydrogen (secondary N) is 1. The van der Waals surface area contributed by atoms with Crippen molar-refractivity contribution in [1.82, 2.24) is 0 Å². The van der Waals surface area contributed by atoms with Crippen molar-refractivity contribution >= 4 is 39.7 Å². The summed E-state index contributed by atoms with van der Waals surface area (Å²) in [4.78, 5) is 11.9. The van der Waals surface area contributed by atoms with Gasteiger partial charge in [0.15, 0.2) is 6.61 Å². The van der Waals surface area contributed by atoms with Gasteiger partial charge in [0.25, 0.3) is 5.91 Å². The van der Waals surface area contributed by atoms with E-state index in [1.165, 1.54) is 6.21 Å². The monoisotopic (exact) mass is 389 g/mol. The molecule has 2 rings (SSSR count). The highest BCUT2D eigenvalue weighted by Gasteiger charge is 2.07. The number of nitrogens with two attached hydrogens (primary N) is 2. The van der Waals surface area contributed by atoms with Gasteiger partial charge in [0.1, 0.15) is 5.75 Å². The van der Waals surface area contributed by atoms with Gasteiger partial charge in [0.2, 0.25) is 5.96 Å². The number of ether oxygens (including phenoxy) is 1. The van der Waals surface area contributed by atoms with Crippen LogP contribution < -0.4 is 21.5 Å². The van der Waals surface area contributed by atoms with E-state index < -0.39 is 0 Å². The molecule has 0 heterocycles. The number of carbonyl (C=O) groups is 1. The highest BCUT2D eigenvalue weighted by molar-refractivity contribution is 9.10. The Bertz CT molecular complexity index is 758. The highest BCUT2D eigenvalue weighted by Crippen LogP contribution is 2.22. The Hall–Kier alpha value is -2.87. The zero-order chi connectivity index (χ0) is 17.4. The molecule has 0 aliphatic rings. The molecule has 0 atom stereocenters. The molecule has 0 bridgehead atoms. The summed E-state index contributed by atoms with van der Waals surface area (Å²) in [6.07, 6.45) is 1.44. The van der Waals surface area contributed by atoms with E-state index in [-0.39, 0.29) is 18.5 Å². The second kappa shape index (κ2) is 8.68. The van der Waals surface area contributed by atoms with Gasteiger partial charge in [-0.1, -0.05) is 34.1 Å². The van der Waals surface area contributed by atoms with Gasteiger partial charge in [-0.3, -0.25) is 4.79 Å². The van der Waals surface area contributed by atoms with E-state index in [1.807, 2.05) is 18.2 Å². The number of amides is 1. The quantitative estimate of drug-likeness (QED) is 0.398. The van der Waals surface area contributed by atoms with E-state index in [0.29, 0.717) is 17.0 Å². The van der Waals surface area contributed by atoms with E-state index in [2.05, 4.69) is 31.4 Å². The Balaban J connectivity index is 2.02. The van der Waals surface area contributed by atoms with Crippen LogP contribution in [0, 0.1) is 0 Å². The van der Waals surface area contributed by atoms with Crippen molar-refractivity contribution in [2.75, 3.05) is 11.9 Å². The predicted octanol–water partition coefficient (Wildman–Crippen LogP) is 2.07. The first-order valence-electron chi connectivity index (χ1n) is 6.94. The number of benzene rings is 2. The number of carbonyl (C=O) groups excluding carboxylic acids is 1. The fourth-order valence-corrected chi connectivity index (χ4v) is 2.15. The molecule has 0 aromatic heterocycles. The number of hydrogen-bond acceptors (Lipinski definition) is 4. The van der Waals surface area contributed by atoms with Crippen molar-refractivity contribution < 1.29 is 9.53 Å². The first-order chi connectivity index (χ1) is 11.5. The summed E-state index contributed by atoms with van der Waals surface area (Å²) in [6, 6.07) is 14.4. The van der Waals surface area contributed by atoms with E-state index >= 15 is 0 Å². The van der Waals surface area contributed by atoms with E-state index in [0.717, 1.165) is 4.47 Å². The molecule has 0 unspecified atom stereocenters. The van der Waals surface area contributed by atoms with Crippen LogP contribution in [0.25, 0.3) is 0 Å². The zero-order valence-electron chi connectivity index (χ0n) is 12.6. The molecule has 0 spiro atoms. The molecule has 0 aliphatic heterocycles. The molecule has 2 aromatic rings. The van der Waals surface area contributed by atoms with Gasteiger partial charge in [-0.05, 0) is 30.3 Å². The van der Waals surface area contributed by atoms with Crippen molar-refractivity contribution in [3.63, 3.8) is 0 Å². The fraction of sp³-hybridized carbons (Fsp3) is 0.0625. The van der Waals surface area contributed by atoms with Crippen LogP contribution in [0.1, 0.15) is 5.56 Å². The van der Waals surface area contributed by atoms with Crippen molar-refractivity contribution in [3.05, 3.63) is 58.6 Å². The van der Waals surface area contributed by atoms with Gasteiger partial charge in [-0.2, -0.15) is 5.10 Å². The standard InChI is InChI=1S/C16H16BrN5O2/c17-12-6-7-14(11(8-12)9-20-22-16(18)19)24-10-15(23)21-13-4-2-1-3-5-13/h1-9H,10H2,(H,21,23)(H4,18,19,22). The van der Waals surface area contributed by atoms with Gasteiger partial charge >= 0.3 is 0 Å². The summed E-state index contributed by atoms with van der Waals surface area (Å²) >= 11 is 3.36. The van der Waals surface area contributed by atoms with Crippen LogP contribution in [0.4, 0.5) is 5.69 Å². The summed E-state index contributed by atoms with van der Waals surface area (Å²) in [6.45, 7) is -0.139. The molecule has 2 aromatic carbocycles. The van der Waals surface area contributed by atoms with Gasteiger partial charge in [0.05, 0.1) is 6.21 Å². The molecule has 5 N–H and O–H groups in total. The Kier molecular flexibility index (Phi) is 6.32. The van der Waals surface area contributed by atoms with Gasteiger partial charge in [0, 0.05) is 15.7 Å². The maximum Gasteiger partial charge on any atom is 0.262 e. The Labute approximate surface area is 147 Å². The molecule has 124 valence electrons. The normalized spacial score (nSPS) is 10.4. The molecule has 0 fully saturated rings. The first kappa shape index (κ1) is 17.5. The smallest absolute Gasteiger partial charge is 0.262 e. The van der Waals surface area contributed by atoms with Crippen molar-refractivity contribution in [2.45, 2.75) is 0 Å². The third-order valence-electron chi connectivity index (χ3n) is 2.76. The van der Waals surface area contributed by atoms with Crippen LogP contribution in [0.5, 0.6) is 5.75 Å². The number of para-hydroxylation sites is 1. The Morgan fingerprint density at radius 2 is 1.96 bits per heavy atom. The zero-order valence-corrected chi connectivity index (χ0v) is 14.2. The van der Waals surface area contributed by atoms with Crippen molar-refractivity contribution in [3.8, 4) is 5.75 Å². The number of nitrogens with zero attached hydrogens (tertiary/aromatic N) is 2. The third-order valence-corrected chi connectivity index (χ3v) is 3.25. The molecule has 7 nitrogen and oxygen atoms in total. The van der Waals surface area contributed by atoms with E-state index in [1.54, 1.807) is 30.3 Å². The van der Waals surface area contributed by atoms with E-state index in [4.69, 9.17) is 16.2 Å². The molecule has 1 amide bonds. The molecule has 0 radical (unpaired) electrons. The lowest BCUT2D eigenvalue weighted by molar-refractivity contribution is -0.118. The number of rotatable bonds is 6. The van der Waals surface area contributed by atoms with Crippen molar-refractivity contribution in [2.24, 2.45) is 21.7 Å². The summed E-state index contributed by atoms with van der Waals surface area (Å²) in [5.41, 5.74) is 11.8. The fourth-order valence-electron chi connectivity index (χ4n) is 1.77. The third kappa shape index (κ3) is 5.73. The van der Waals surface area contributed by atoms with Crippen LogP contribution in [-0.2, 0) is 4.79 Å². The van der Waals surface area contributed by atoms with Crippen molar-refractivity contribution in [1.29, 1.82) is 0 Å². The molecule has 0 saturated carbocycles. The molecular weight excluding hydrogens is 374 g/mol. The average Bonchev–Trinajstić information content (AvgIpc) is 2.54. The van der Waals surface area contributed by atoms with Gasteiger partial charge < -0.3 is 21.5 Å². The maximum absolute atomic E-state index is 11.9. The molecule has 24 heavy (non-hydrogen) atoms. The average molecular weight is 390 g/mol. The molecule has 0 aliphatic carbocycles. The number of halogens is 1. The largest absolute Gasteiger partial charge is 0.483 e. The van der Waals surface area contributed by atoms with Gasteiger partial charge in [-0.15, -0.1) is 5.10 Å². The topological polar surface area (TPSA) is 115 Å². The SMILES string of the molecule is NC(N)=NN=Cc1cc(Br)ccc1OCC(=O)Nc1ccccc1. The van der Waals surface area contributed by atoms with Crippen LogP contribution in [0.2, 0.25) is 0 Å². The van der Waals surface area contributed by atoms with E-state index in [9.17, 15) is 4.79 Å². The highest BCUT2D eigenvalue weighted by atomic mass is 79.9. The van der Waals surface area contributed by atoms with Crippen LogP contribution in [-0.4, -0.2) is 24.7 Å². The molecular formula is C16H16BrN5O2. The summed E-state index contributed by atoms with van der Waals surface area (Å²) in [7, 11) is 0. The molecule has 8 heteroatoms. The lowest BCUT2D eigenvalue weighted by Crippen LogP contribution is -2.21. The minimum absolute atomic E-state index is 0.139. The minimum Gasteiger partial charge on any atom is -0.483 e.